The Bertz CT molecular complexity index is 738. The van der Waals surface area contributed by atoms with Gasteiger partial charge in [-0.25, -0.2) is 0 Å². The van der Waals surface area contributed by atoms with Gasteiger partial charge in [0.25, 0.3) is 5.91 Å². The fraction of sp³-hybridized carbons (Fsp3) is 0.708. The maximum atomic E-state index is 13.2. The lowest BCUT2D eigenvalue weighted by Gasteiger charge is -2.55. The molecule has 4 bridgehead atoms. The van der Waals surface area contributed by atoms with Gasteiger partial charge in [-0.3, -0.25) is 4.79 Å². The molecule has 1 unspecified atom stereocenters. The number of rotatable bonds is 6. The first-order valence-corrected chi connectivity index (χ1v) is 11.4. The first kappa shape index (κ1) is 19.4. The number of amides is 1. The zero-order valence-corrected chi connectivity index (χ0v) is 17.5. The molecule has 1 aromatic rings. The molecule has 5 fully saturated rings. The quantitative estimate of drug-likeness (QED) is 0.773. The average Bonchev–Trinajstić information content (AvgIpc) is 2.71. The molecule has 29 heavy (non-hydrogen) atoms. The molecule has 1 aliphatic heterocycles. The standard InChI is InChI=1S/C24H34N2O3/c1-29-21-5-2-4-16(13-21)14-26-7-3-6-24(28,23(26)27)15-25-22-19-9-17-8-18(11-19)12-20(22)10-17/h2,4-5,13,17-20,22,25,28H,3,6-12,14-15H2,1H3. The summed E-state index contributed by atoms with van der Waals surface area (Å²) in [5, 5.41) is 15.0. The number of hydrogen-bond acceptors (Lipinski definition) is 4. The minimum absolute atomic E-state index is 0.122. The zero-order chi connectivity index (χ0) is 20.0. The van der Waals surface area contributed by atoms with Crippen molar-refractivity contribution in [1.29, 1.82) is 0 Å². The summed E-state index contributed by atoms with van der Waals surface area (Å²) < 4.78 is 5.30. The number of carbonyl (C=O) groups excluding carboxylic acids is 1. The Morgan fingerprint density at radius 1 is 1.17 bits per heavy atom. The summed E-state index contributed by atoms with van der Waals surface area (Å²) in [6.07, 6.45) is 8.23. The number of benzene rings is 1. The van der Waals surface area contributed by atoms with E-state index in [1.54, 1.807) is 7.11 Å². The average molecular weight is 399 g/mol. The van der Waals surface area contributed by atoms with Gasteiger partial charge in [0.1, 0.15) is 5.75 Å². The van der Waals surface area contributed by atoms with E-state index in [2.05, 4.69) is 5.32 Å². The molecule has 4 aliphatic carbocycles. The summed E-state index contributed by atoms with van der Waals surface area (Å²) in [5.74, 6) is 4.05. The normalized spacial score (nSPS) is 38.5. The van der Waals surface area contributed by atoms with Crippen LogP contribution in [0, 0.1) is 23.7 Å². The van der Waals surface area contributed by atoms with Crippen molar-refractivity contribution in [2.75, 3.05) is 20.2 Å². The van der Waals surface area contributed by atoms with Gasteiger partial charge in [-0.1, -0.05) is 12.1 Å². The Morgan fingerprint density at radius 2 is 1.90 bits per heavy atom. The maximum absolute atomic E-state index is 13.2. The Hall–Kier alpha value is -1.59. The first-order chi connectivity index (χ1) is 14.0. The van der Waals surface area contributed by atoms with Gasteiger partial charge < -0.3 is 20.1 Å². The molecule has 0 aromatic heterocycles. The van der Waals surface area contributed by atoms with Crippen LogP contribution in [-0.2, 0) is 11.3 Å². The second kappa shape index (κ2) is 7.59. The fourth-order valence-electron chi connectivity index (χ4n) is 6.92. The highest BCUT2D eigenvalue weighted by Gasteiger charge is 2.49. The van der Waals surface area contributed by atoms with Crippen molar-refractivity contribution in [2.45, 2.75) is 63.1 Å². The van der Waals surface area contributed by atoms with Crippen LogP contribution in [0.15, 0.2) is 24.3 Å². The summed E-state index contributed by atoms with van der Waals surface area (Å²) in [7, 11) is 1.65. The van der Waals surface area contributed by atoms with Crippen molar-refractivity contribution in [1.82, 2.24) is 10.2 Å². The summed E-state index contributed by atoms with van der Waals surface area (Å²) in [5.41, 5.74) is -0.234. The topological polar surface area (TPSA) is 61.8 Å². The smallest absolute Gasteiger partial charge is 0.256 e. The first-order valence-electron chi connectivity index (χ1n) is 11.4. The predicted molar refractivity (Wildman–Crippen MR) is 111 cm³/mol. The molecule has 2 N–H and O–H groups in total. The molecule has 5 aliphatic rings. The van der Waals surface area contributed by atoms with Gasteiger partial charge in [-0.15, -0.1) is 0 Å². The number of piperidine rings is 1. The number of aliphatic hydroxyl groups is 1. The molecule has 1 aromatic carbocycles. The Morgan fingerprint density at radius 3 is 2.59 bits per heavy atom. The molecule has 1 heterocycles. The van der Waals surface area contributed by atoms with Gasteiger partial charge in [-0.2, -0.15) is 0 Å². The van der Waals surface area contributed by atoms with Crippen LogP contribution in [0.5, 0.6) is 5.75 Å². The third kappa shape index (κ3) is 3.68. The lowest BCUT2D eigenvalue weighted by Crippen LogP contribution is -2.62. The Labute approximate surface area is 173 Å². The molecular formula is C24H34N2O3. The number of likely N-dealkylation sites (tertiary alicyclic amines) is 1. The lowest BCUT2D eigenvalue weighted by molar-refractivity contribution is -0.158. The summed E-state index contributed by atoms with van der Waals surface area (Å²) in [6, 6.07) is 8.33. The third-order valence-corrected chi connectivity index (χ3v) is 8.07. The van der Waals surface area contributed by atoms with Gasteiger partial charge in [-0.05, 0) is 86.3 Å². The highest BCUT2D eigenvalue weighted by Crippen LogP contribution is 2.53. The summed E-state index contributed by atoms with van der Waals surface area (Å²) in [4.78, 5) is 15.0. The molecular weight excluding hydrogens is 364 g/mol. The zero-order valence-electron chi connectivity index (χ0n) is 17.5. The maximum Gasteiger partial charge on any atom is 0.256 e. The van der Waals surface area contributed by atoms with Gasteiger partial charge in [0.2, 0.25) is 0 Å². The number of carbonyl (C=O) groups is 1. The van der Waals surface area contributed by atoms with Crippen molar-refractivity contribution in [3.8, 4) is 5.75 Å². The van der Waals surface area contributed by atoms with Crippen LogP contribution in [0.2, 0.25) is 0 Å². The molecule has 158 valence electrons. The van der Waals surface area contributed by atoms with Crippen LogP contribution in [0.3, 0.4) is 0 Å². The van der Waals surface area contributed by atoms with E-state index in [1.807, 2.05) is 29.2 Å². The van der Waals surface area contributed by atoms with E-state index in [4.69, 9.17) is 4.74 Å². The molecule has 0 radical (unpaired) electrons. The molecule has 0 spiro atoms. The molecule has 5 nitrogen and oxygen atoms in total. The van der Waals surface area contributed by atoms with Crippen molar-refractivity contribution in [2.24, 2.45) is 23.7 Å². The molecule has 1 amide bonds. The Kier molecular flexibility index (Phi) is 5.07. The van der Waals surface area contributed by atoms with Crippen LogP contribution in [-0.4, -0.2) is 47.8 Å². The van der Waals surface area contributed by atoms with Crippen molar-refractivity contribution >= 4 is 5.91 Å². The largest absolute Gasteiger partial charge is 0.497 e. The Balaban J connectivity index is 1.23. The van der Waals surface area contributed by atoms with Crippen LogP contribution in [0.4, 0.5) is 0 Å². The summed E-state index contributed by atoms with van der Waals surface area (Å²) >= 11 is 0. The van der Waals surface area contributed by atoms with Crippen molar-refractivity contribution < 1.29 is 14.6 Å². The minimum atomic E-state index is -1.27. The number of nitrogens with one attached hydrogen (secondary N) is 1. The molecule has 1 atom stereocenters. The second-order valence-electron chi connectivity index (χ2n) is 10.1. The van der Waals surface area contributed by atoms with Crippen LogP contribution < -0.4 is 10.1 Å². The number of hydrogen-bond donors (Lipinski definition) is 2. The molecule has 5 heteroatoms. The van der Waals surface area contributed by atoms with Crippen molar-refractivity contribution in [3.05, 3.63) is 29.8 Å². The van der Waals surface area contributed by atoms with E-state index in [1.165, 1.54) is 32.1 Å². The minimum Gasteiger partial charge on any atom is -0.497 e. The number of nitrogens with zero attached hydrogens (tertiary/aromatic N) is 1. The lowest BCUT2D eigenvalue weighted by atomic mass is 9.54. The third-order valence-electron chi connectivity index (χ3n) is 8.07. The van der Waals surface area contributed by atoms with E-state index in [9.17, 15) is 9.90 Å². The number of ether oxygens (including phenoxy) is 1. The van der Waals surface area contributed by atoms with Crippen LogP contribution in [0.25, 0.3) is 0 Å². The van der Waals surface area contributed by atoms with Crippen molar-refractivity contribution in [3.63, 3.8) is 0 Å². The monoisotopic (exact) mass is 398 g/mol. The van der Waals surface area contributed by atoms with E-state index < -0.39 is 5.60 Å². The predicted octanol–water partition coefficient (Wildman–Crippen LogP) is 2.96. The highest BCUT2D eigenvalue weighted by molar-refractivity contribution is 5.86. The van der Waals surface area contributed by atoms with E-state index in [0.717, 1.165) is 41.4 Å². The molecule has 6 rings (SSSR count). The van der Waals surface area contributed by atoms with Crippen LogP contribution >= 0.6 is 0 Å². The van der Waals surface area contributed by atoms with Gasteiger partial charge in [0, 0.05) is 25.7 Å². The molecule has 1 saturated heterocycles. The van der Waals surface area contributed by atoms with Gasteiger partial charge in [0.05, 0.1) is 7.11 Å². The highest BCUT2D eigenvalue weighted by atomic mass is 16.5. The summed E-state index contributed by atoms with van der Waals surface area (Å²) in [6.45, 7) is 1.63. The SMILES string of the molecule is COc1cccc(CN2CCCC(O)(CNC3C4CC5CC(C4)CC3C5)C2=O)c1. The molecule has 4 saturated carbocycles. The second-order valence-corrected chi connectivity index (χ2v) is 10.1. The number of methoxy groups -OCH3 is 1. The van der Waals surface area contributed by atoms with Gasteiger partial charge >= 0.3 is 0 Å². The van der Waals surface area contributed by atoms with Gasteiger partial charge in [0.15, 0.2) is 5.60 Å². The van der Waals surface area contributed by atoms with E-state index in [0.29, 0.717) is 32.1 Å². The fourth-order valence-corrected chi connectivity index (χ4v) is 6.92. The van der Waals surface area contributed by atoms with Crippen LogP contribution in [0.1, 0.15) is 50.5 Å². The van der Waals surface area contributed by atoms with E-state index in [-0.39, 0.29) is 5.91 Å². The van der Waals surface area contributed by atoms with E-state index >= 15 is 0 Å².